The topological polar surface area (TPSA) is 121 Å². The Morgan fingerprint density at radius 2 is 1.82 bits per heavy atom. The Hall–Kier alpha value is -4.40. The number of aliphatic hydroxyl groups excluding tert-OH is 1. The van der Waals surface area contributed by atoms with Gasteiger partial charge in [-0.1, -0.05) is 47.6 Å². The minimum atomic E-state index is -0.940. The summed E-state index contributed by atoms with van der Waals surface area (Å²) in [7, 11) is 0. The molecule has 8 heteroatoms. The van der Waals surface area contributed by atoms with E-state index in [0.29, 0.717) is 18.0 Å². The first-order chi connectivity index (χ1) is 18.8. The molecule has 0 fully saturated rings. The SMILES string of the molecule is CC(C)(Cc1c[nH]c2c(-c3ccc(C(=O)O)cc3)cccc12)NC[C@H](O)COc1ccccc1-c1ccon1. The maximum atomic E-state index is 11.2. The van der Waals surface area contributed by atoms with E-state index in [1.165, 1.54) is 6.26 Å². The van der Waals surface area contributed by atoms with Gasteiger partial charge in [-0.25, -0.2) is 4.79 Å². The molecule has 0 bridgehead atoms. The number of fused-ring (bicyclic) bond motifs is 1. The van der Waals surface area contributed by atoms with E-state index in [2.05, 4.69) is 35.4 Å². The van der Waals surface area contributed by atoms with Crippen molar-refractivity contribution in [2.45, 2.75) is 31.9 Å². The van der Waals surface area contributed by atoms with E-state index in [9.17, 15) is 15.0 Å². The van der Waals surface area contributed by atoms with Crippen molar-refractivity contribution >= 4 is 16.9 Å². The molecule has 0 radical (unpaired) electrons. The van der Waals surface area contributed by atoms with Crippen LogP contribution >= 0.6 is 0 Å². The fourth-order valence-corrected chi connectivity index (χ4v) is 4.72. The lowest BCUT2D eigenvalue weighted by Crippen LogP contribution is -2.46. The van der Waals surface area contributed by atoms with Gasteiger partial charge >= 0.3 is 5.97 Å². The van der Waals surface area contributed by atoms with Crippen molar-refractivity contribution < 1.29 is 24.3 Å². The van der Waals surface area contributed by atoms with Crippen molar-refractivity contribution in [3.05, 3.63) is 96.4 Å². The third kappa shape index (κ3) is 6.03. The molecule has 8 nitrogen and oxygen atoms in total. The fourth-order valence-electron chi connectivity index (χ4n) is 4.72. The van der Waals surface area contributed by atoms with Gasteiger partial charge in [0.25, 0.3) is 0 Å². The first kappa shape index (κ1) is 26.2. The molecule has 0 unspecified atom stereocenters. The number of para-hydroxylation sites is 2. The molecule has 2 aromatic heterocycles. The Labute approximate surface area is 226 Å². The fraction of sp³-hybridized carbons (Fsp3) is 0.226. The molecule has 0 saturated heterocycles. The second-order valence-electron chi connectivity index (χ2n) is 10.2. The van der Waals surface area contributed by atoms with Crippen LogP contribution in [-0.4, -0.2) is 51.1 Å². The Morgan fingerprint density at radius 1 is 1.05 bits per heavy atom. The summed E-state index contributed by atoms with van der Waals surface area (Å²) in [6.07, 6.45) is 3.55. The van der Waals surface area contributed by atoms with Crippen LogP contribution in [-0.2, 0) is 6.42 Å². The van der Waals surface area contributed by atoms with Crippen molar-refractivity contribution in [3.8, 4) is 28.1 Å². The maximum absolute atomic E-state index is 11.2. The Bertz CT molecular complexity index is 1560. The van der Waals surface area contributed by atoms with Gasteiger partial charge in [-0.2, -0.15) is 0 Å². The number of rotatable bonds is 11. The number of benzene rings is 3. The zero-order valence-electron chi connectivity index (χ0n) is 21.8. The Morgan fingerprint density at radius 3 is 2.56 bits per heavy atom. The average Bonchev–Trinajstić information content (AvgIpc) is 3.62. The van der Waals surface area contributed by atoms with Gasteiger partial charge < -0.3 is 29.8 Å². The molecule has 3 aromatic carbocycles. The smallest absolute Gasteiger partial charge is 0.335 e. The molecule has 5 rings (SSSR count). The summed E-state index contributed by atoms with van der Waals surface area (Å²) in [5.74, 6) is -0.304. The highest BCUT2D eigenvalue weighted by Crippen LogP contribution is 2.32. The van der Waals surface area contributed by atoms with E-state index in [1.807, 2.05) is 54.7 Å². The minimum Gasteiger partial charge on any atom is -0.490 e. The summed E-state index contributed by atoms with van der Waals surface area (Å²) in [4.78, 5) is 14.6. The number of hydrogen-bond acceptors (Lipinski definition) is 6. The number of aromatic carboxylic acids is 1. The van der Waals surface area contributed by atoms with Crippen molar-refractivity contribution in [1.82, 2.24) is 15.5 Å². The third-order valence-electron chi connectivity index (χ3n) is 6.72. The predicted octanol–water partition coefficient (Wildman–Crippen LogP) is 5.54. The zero-order chi connectivity index (χ0) is 27.4. The molecule has 4 N–H and O–H groups in total. The third-order valence-corrected chi connectivity index (χ3v) is 6.72. The van der Waals surface area contributed by atoms with Crippen molar-refractivity contribution in [2.75, 3.05) is 13.2 Å². The number of ether oxygens (including phenoxy) is 1. The van der Waals surface area contributed by atoms with E-state index in [1.54, 1.807) is 18.2 Å². The number of hydrogen-bond donors (Lipinski definition) is 4. The van der Waals surface area contributed by atoms with Crippen LogP contribution in [0.2, 0.25) is 0 Å². The van der Waals surface area contributed by atoms with Gasteiger partial charge in [-0.05, 0) is 55.7 Å². The van der Waals surface area contributed by atoms with Gasteiger partial charge in [0.05, 0.1) is 11.1 Å². The normalized spacial score (nSPS) is 12.5. The first-order valence-corrected chi connectivity index (χ1v) is 12.8. The number of carboxylic acids is 1. The van der Waals surface area contributed by atoms with Crippen LogP contribution in [0.3, 0.4) is 0 Å². The summed E-state index contributed by atoms with van der Waals surface area (Å²) in [5.41, 5.74) is 5.57. The van der Waals surface area contributed by atoms with E-state index in [4.69, 9.17) is 9.26 Å². The molecule has 0 saturated carbocycles. The minimum absolute atomic E-state index is 0.134. The van der Waals surface area contributed by atoms with Crippen LogP contribution in [0.4, 0.5) is 0 Å². The van der Waals surface area contributed by atoms with E-state index in [0.717, 1.165) is 39.6 Å². The van der Waals surface area contributed by atoms with E-state index >= 15 is 0 Å². The predicted molar refractivity (Wildman–Crippen MR) is 150 cm³/mol. The van der Waals surface area contributed by atoms with Crippen LogP contribution in [0.5, 0.6) is 5.75 Å². The quantitative estimate of drug-likeness (QED) is 0.179. The van der Waals surface area contributed by atoms with Crippen molar-refractivity contribution in [2.24, 2.45) is 0 Å². The number of H-pyrrole nitrogens is 1. The largest absolute Gasteiger partial charge is 0.490 e. The summed E-state index contributed by atoms with van der Waals surface area (Å²) < 4.78 is 10.9. The van der Waals surface area contributed by atoms with Crippen LogP contribution in [0, 0.1) is 0 Å². The molecular formula is C31H31N3O5. The highest BCUT2D eigenvalue weighted by atomic mass is 16.5. The summed E-state index contributed by atoms with van der Waals surface area (Å²) in [6, 6.07) is 22.3. The molecule has 0 aliphatic heterocycles. The van der Waals surface area contributed by atoms with Gasteiger partial charge in [0, 0.05) is 40.9 Å². The molecule has 0 amide bonds. The second-order valence-corrected chi connectivity index (χ2v) is 10.2. The molecule has 1 atom stereocenters. The number of carboxylic acid groups (broad SMARTS) is 1. The van der Waals surface area contributed by atoms with Gasteiger partial charge in [0.2, 0.25) is 0 Å². The number of β-amino-alcohol motifs (C(OH)–C–C–N with tert-alkyl or cyclic N) is 1. The van der Waals surface area contributed by atoms with E-state index < -0.39 is 12.1 Å². The number of aromatic amines is 1. The molecule has 2 heterocycles. The summed E-state index contributed by atoms with van der Waals surface area (Å²) in [6.45, 7) is 4.71. The Kier molecular flexibility index (Phi) is 7.49. The van der Waals surface area contributed by atoms with Crippen LogP contribution in [0.1, 0.15) is 29.8 Å². The van der Waals surface area contributed by atoms with E-state index in [-0.39, 0.29) is 17.7 Å². The van der Waals surface area contributed by atoms with Crippen molar-refractivity contribution in [1.29, 1.82) is 0 Å². The van der Waals surface area contributed by atoms with Crippen LogP contribution in [0.15, 0.2) is 89.8 Å². The standard InChI is InChI=1S/C31H31N3O5/c1-31(2,33-18-23(35)19-38-28-9-4-3-6-26(28)27-14-15-39-34-27)16-22-17-32-29-24(7-5-8-25(22)29)20-10-12-21(13-11-20)30(36)37/h3-15,17,23,32-33,35H,16,18-19H2,1-2H3,(H,36,37)/t23-/m0/s1. The highest BCUT2D eigenvalue weighted by Gasteiger charge is 2.22. The number of nitrogens with zero attached hydrogens (tertiary/aromatic N) is 1. The van der Waals surface area contributed by atoms with Gasteiger partial charge in [0.1, 0.15) is 30.4 Å². The number of carbonyl (C=O) groups is 1. The molecule has 5 aromatic rings. The zero-order valence-corrected chi connectivity index (χ0v) is 21.8. The van der Waals surface area contributed by atoms with Crippen LogP contribution in [0.25, 0.3) is 33.3 Å². The van der Waals surface area contributed by atoms with Gasteiger partial charge in [-0.15, -0.1) is 0 Å². The lowest BCUT2D eigenvalue weighted by Gasteiger charge is -2.28. The average molecular weight is 526 g/mol. The second kappa shape index (κ2) is 11.1. The molecule has 39 heavy (non-hydrogen) atoms. The molecular weight excluding hydrogens is 494 g/mol. The molecule has 200 valence electrons. The Balaban J connectivity index is 1.22. The summed E-state index contributed by atoms with van der Waals surface area (Å²) in [5, 5.41) is 28.4. The lowest BCUT2D eigenvalue weighted by molar-refractivity contribution is 0.0697. The van der Waals surface area contributed by atoms with Crippen LogP contribution < -0.4 is 10.1 Å². The molecule has 0 aliphatic rings. The van der Waals surface area contributed by atoms with Gasteiger partial charge in [0.15, 0.2) is 0 Å². The highest BCUT2D eigenvalue weighted by molar-refractivity contribution is 5.97. The lowest BCUT2D eigenvalue weighted by atomic mass is 9.93. The van der Waals surface area contributed by atoms with Gasteiger partial charge in [-0.3, -0.25) is 0 Å². The number of nitrogens with one attached hydrogen (secondary N) is 2. The summed E-state index contributed by atoms with van der Waals surface area (Å²) >= 11 is 0. The first-order valence-electron chi connectivity index (χ1n) is 12.8. The molecule has 0 aliphatic carbocycles. The van der Waals surface area contributed by atoms with Crippen molar-refractivity contribution in [3.63, 3.8) is 0 Å². The number of aromatic nitrogens is 2. The molecule has 0 spiro atoms. The monoisotopic (exact) mass is 525 g/mol. The number of aliphatic hydroxyl groups is 1. The maximum Gasteiger partial charge on any atom is 0.335 e.